The average molecular weight is 423 g/mol. The van der Waals surface area contributed by atoms with Crippen LogP contribution in [0.15, 0.2) is 82.6 Å². The van der Waals surface area contributed by atoms with Gasteiger partial charge in [0.05, 0.1) is 11.4 Å². The van der Waals surface area contributed by atoms with Crippen LogP contribution in [0.25, 0.3) is 11.1 Å². The quantitative estimate of drug-likeness (QED) is 0.572. The molecule has 6 nitrogen and oxygen atoms in total. The summed E-state index contributed by atoms with van der Waals surface area (Å²) in [5.41, 5.74) is 2.09. The van der Waals surface area contributed by atoms with Gasteiger partial charge in [-0.2, -0.15) is 4.31 Å². The van der Waals surface area contributed by atoms with Gasteiger partial charge in [0, 0.05) is 30.9 Å². The monoisotopic (exact) mass is 422 g/mol. The van der Waals surface area contributed by atoms with Crippen LogP contribution in [0.3, 0.4) is 0 Å². The van der Waals surface area contributed by atoms with Gasteiger partial charge in [0.2, 0.25) is 10.0 Å². The lowest BCUT2D eigenvalue weighted by Gasteiger charge is -2.16. The van der Waals surface area contributed by atoms with Crippen LogP contribution >= 0.6 is 0 Å². The number of hydrogen-bond donors (Lipinski definition) is 0. The van der Waals surface area contributed by atoms with Gasteiger partial charge in [-0.05, 0) is 30.0 Å². The highest BCUT2D eigenvalue weighted by molar-refractivity contribution is 7.89. The number of benzene rings is 2. The van der Waals surface area contributed by atoms with Crippen molar-refractivity contribution in [1.82, 2.24) is 8.87 Å². The molecule has 0 unspecified atom stereocenters. The third-order valence-corrected chi connectivity index (χ3v) is 7.17. The van der Waals surface area contributed by atoms with Gasteiger partial charge in [0.15, 0.2) is 5.78 Å². The molecule has 154 valence electrons. The molecule has 0 amide bonds. The molecule has 7 heteroatoms. The molecule has 0 spiro atoms. The maximum Gasteiger partial charge on any atom is 0.251 e. The molecule has 3 aromatic rings. The minimum Gasteiger partial charge on any atom is -0.306 e. The third-order valence-electron chi connectivity index (χ3n) is 5.29. The molecule has 1 aromatic heterocycles. The fraction of sp³-hybridized carbons (Fsp3) is 0.217. The highest BCUT2D eigenvalue weighted by Crippen LogP contribution is 2.21. The maximum atomic E-state index is 12.8. The Labute approximate surface area is 175 Å². The van der Waals surface area contributed by atoms with Crippen LogP contribution in [0, 0.1) is 0 Å². The molecule has 30 heavy (non-hydrogen) atoms. The smallest absolute Gasteiger partial charge is 0.251 e. The molecule has 1 fully saturated rings. The number of nitrogens with zero attached hydrogens (tertiary/aromatic N) is 2. The molecule has 0 saturated carbocycles. The normalized spacial score (nSPS) is 14.7. The largest absolute Gasteiger partial charge is 0.306 e. The molecular weight excluding hydrogens is 400 g/mol. The fourth-order valence-corrected chi connectivity index (χ4v) is 5.13. The summed E-state index contributed by atoms with van der Waals surface area (Å²) >= 11 is 0. The zero-order valence-corrected chi connectivity index (χ0v) is 17.2. The van der Waals surface area contributed by atoms with Crippen molar-refractivity contribution in [2.75, 3.05) is 13.1 Å². The van der Waals surface area contributed by atoms with Gasteiger partial charge < -0.3 is 4.57 Å². The van der Waals surface area contributed by atoms with Crippen LogP contribution in [0.2, 0.25) is 0 Å². The van der Waals surface area contributed by atoms with E-state index in [0.717, 1.165) is 28.5 Å². The highest BCUT2D eigenvalue weighted by atomic mass is 32.2. The van der Waals surface area contributed by atoms with Crippen molar-refractivity contribution >= 4 is 15.8 Å². The predicted octanol–water partition coefficient (Wildman–Crippen LogP) is 3.18. The Kier molecular flexibility index (Phi) is 5.65. The molecule has 4 rings (SSSR count). The van der Waals surface area contributed by atoms with Crippen LogP contribution in [-0.2, 0) is 16.6 Å². The minimum absolute atomic E-state index is 0.0382. The predicted molar refractivity (Wildman–Crippen MR) is 115 cm³/mol. The van der Waals surface area contributed by atoms with Gasteiger partial charge in [-0.15, -0.1) is 0 Å². The second-order valence-corrected chi connectivity index (χ2v) is 9.25. The summed E-state index contributed by atoms with van der Waals surface area (Å²) in [6.45, 7) is 0.745. The Morgan fingerprint density at radius 1 is 0.833 bits per heavy atom. The SMILES string of the molecule is O=C(Cn1cc(S(=O)(=O)N2CCCC2)ccc1=O)c1ccc(-c2ccccc2)cc1. The van der Waals surface area contributed by atoms with Crippen molar-refractivity contribution in [2.24, 2.45) is 0 Å². The van der Waals surface area contributed by atoms with E-state index in [1.165, 1.54) is 22.6 Å². The van der Waals surface area contributed by atoms with E-state index >= 15 is 0 Å². The first-order valence-corrected chi connectivity index (χ1v) is 11.3. The summed E-state index contributed by atoms with van der Waals surface area (Å²) in [6, 6.07) is 19.5. The number of Topliss-reactive ketones (excluding diaryl/α,β-unsaturated/α-hetero) is 1. The van der Waals surface area contributed by atoms with Crippen LogP contribution in [0.5, 0.6) is 0 Å². The van der Waals surface area contributed by atoms with Crippen molar-refractivity contribution in [3.8, 4) is 11.1 Å². The topological polar surface area (TPSA) is 76.5 Å². The number of rotatable bonds is 6. The number of carbonyl (C=O) groups excluding carboxylic acids is 1. The van der Waals surface area contributed by atoms with Crippen molar-refractivity contribution in [3.63, 3.8) is 0 Å². The van der Waals surface area contributed by atoms with Crippen LogP contribution in [0.1, 0.15) is 23.2 Å². The first kappa shape index (κ1) is 20.3. The van der Waals surface area contributed by atoms with E-state index in [1.807, 2.05) is 42.5 Å². The van der Waals surface area contributed by atoms with E-state index in [2.05, 4.69) is 0 Å². The van der Waals surface area contributed by atoms with Crippen molar-refractivity contribution in [1.29, 1.82) is 0 Å². The zero-order chi connectivity index (χ0) is 21.1. The standard InChI is InChI=1S/C23H22N2O4S/c26-22(20-10-8-19(9-11-20)18-6-2-1-3-7-18)17-24-16-21(12-13-23(24)27)30(28,29)25-14-4-5-15-25/h1-3,6-13,16H,4-5,14-15,17H2. The molecule has 0 bridgehead atoms. The molecule has 1 saturated heterocycles. The lowest BCUT2D eigenvalue weighted by Crippen LogP contribution is -2.30. The first-order chi connectivity index (χ1) is 14.4. The third kappa shape index (κ3) is 4.13. The van der Waals surface area contributed by atoms with Gasteiger partial charge in [-0.3, -0.25) is 9.59 Å². The number of carbonyl (C=O) groups is 1. The number of hydrogen-bond acceptors (Lipinski definition) is 4. The number of ketones is 1. The van der Waals surface area contributed by atoms with Crippen molar-refractivity contribution < 1.29 is 13.2 Å². The Morgan fingerprint density at radius 2 is 1.47 bits per heavy atom. The van der Waals surface area contributed by atoms with E-state index in [4.69, 9.17) is 0 Å². The van der Waals surface area contributed by atoms with Crippen molar-refractivity contribution in [2.45, 2.75) is 24.3 Å². The molecule has 0 N–H and O–H groups in total. The molecule has 2 heterocycles. The molecule has 0 aliphatic carbocycles. The summed E-state index contributed by atoms with van der Waals surface area (Å²) in [6.07, 6.45) is 2.93. The second-order valence-electron chi connectivity index (χ2n) is 7.31. The second kappa shape index (κ2) is 8.38. The molecule has 2 aromatic carbocycles. The first-order valence-electron chi connectivity index (χ1n) is 9.84. The molecule has 1 aliphatic heterocycles. The molecule has 0 radical (unpaired) electrons. The fourth-order valence-electron chi connectivity index (χ4n) is 3.59. The molecular formula is C23H22N2O4S. The Balaban J connectivity index is 1.55. The Hall–Kier alpha value is -3.03. The van der Waals surface area contributed by atoms with Crippen molar-refractivity contribution in [3.05, 3.63) is 88.8 Å². The number of aromatic nitrogens is 1. The van der Waals surface area contributed by atoms with E-state index in [1.54, 1.807) is 12.1 Å². The Morgan fingerprint density at radius 3 is 2.13 bits per heavy atom. The van der Waals surface area contributed by atoms with E-state index in [9.17, 15) is 18.0 Å². The van der Waals surface area contributed by atoms with Gasteiger partial charge in [-0.1, -0.05) is 54.6 Å². The highest BCUT2D eigenvalue weighted by Gasteiger charge is 2.27. The Bertz CT molecular complexity index is 1210. The maximum absolute atomic E-state index is 12.8. The summed E-state index contributed by atoms with van der Waals surface area (Å²) in [7, 11) is -3.65. The number of sulfonamides is 1. The summed E-state index contributed by atoms with van der Waals surface area (Å²) in [5.74, 6) is -0.257. The van der Waals surface area contributed by atoms with Crippen LogP contribution in [-0.4, -0.2) is 36.2 Å². The lowest BCUT2D eigenvalue weighted by atomic mass is 10.0. The summed E-state index contributed by atoms with van der Waals surface area (Å²) in [5, 5.41) is 0. The zero-order valence-electron chi connectivity index (χ0n) is 16.4. The average Bonchev–Trinajstić information content (AvgIpc) is 3.32. The van der Waals surface area contributed by atoms with E-state index < -0.39 is 15.6 Å². The summed E-state index contributed by atoms with van der Waals surface area (Å²) < 4.78 is 28.1. The van der Waals surface area contributed by atoms with Crippen LogP contribution < -0.4 is 5.56 Å². The van der Waals surface area contributed by atoms with Gasteiger partial charge in [0.1, 0.15) is 0 Å². The molecule has 1 aliphatic rings. The van der Waals surface area contributed by atoms with E-state index in [-0.39, 0.29) is 17.2 Å². The van der Waals surface area contributed by atoms with Gasteiger partial charge in [0.25, 0.3) is 5.56 Å². The lowest BCUT2D eigenvalue weighted by molar-refractivity contribution is 0.0970. The molecule has 0 atom stereocenters. The van der Waals surface area contributed by atoms with Gasteiger partial charge in [-0.25, -0.2) is 8.42 Å². The van der Waals surface area contributed by atoms with Gasteiger partial charge >= 0.3 is 0 Å². The summed E-state index contributed by atoms with van der Waals surface area (Å²) in [4.78, 5) is 25.0. The minimum atomic E-state index is -3.65. The van der Waals surface area contributed by atoms with E-state index in [0.29, 0.717) is 18.7 Å². The van der Waals surface area contributed by atoms with Crippen LogP contribution in [0.4, 0.5) is 0 Å². The number of pyridine rings is 1.